The second-order valence-corrected chi connectivity index (χ2v) is 6.91. The highest BCUT2D eigenvalue weighted by atomic mass is 32.2. The monoisotopic (exact) mass is 275 g/mol. The van der Waals surface area contributed by atoms with Gasteiger partial charge < -0.3 is 9.64 Å². The summed E-state index contributed by atoms with van der Waals surface area (Å²) >= 11 is 0. The normalized spacial score (nSPS) is 19.8. The van der Waals surface area contributed by atoms with Gasteiger partial charge in [0.05, 0.1) is 13.5 Å². The minimum atomic E-state index is -1.24. The first-order valence-corrected chi connectivity index (χ1v) is 7.35. The van der Waals surface area contributed by atoms with Crippen molar-refractivity contribution in [1.29, 1.82) is 0 Å². The molecular formula is C12H21NO4S. The third-order valence-corrected chi connectivity index (χ3v) is 5.22. The topological polar surface area (TPSA) is 63.7 Å². The molecule has 2 atom stereocenters. The predicted octanol–water partition coefficient (Wildman–Crippen LogP) is 0.555. The van der Waals surface area contributed by atoms with Gasteiger partial charge >= 0.3 is 5.97 Å². The second kappa shape index (κ2) is 5.82. The van der Waals surface area contributed by atoms with E-state index in [0.717, 1.165) is 12.8 Å². The Kier molecular flexibility index (Phi) is 4.90. The molecule has 104 valence electrons. The molecule has 0 saturated heterocycles. The summed E-state index contributed by atoms with van der Waals surface area (Å²) < 4.78 is 16.8. The maximum atomic E-state index is 12.1. The van der Waals surface area contributed by atoms with Crippen LogP contribution in [0.25, 0.3) is 0 Å². The zero-order chi connectivity index (χ0) is 13.9. The number of ether oxygens (including phenoxy) is 1. The maximum Gasteiger partial charge on any atom is 0.306 e. The van der Waals surface area contributed by atoms with E-state index in [1.54, 1.807) is 21.0 Å². The van der Waals surface area contributed by atoms with Gasteiger partial charge in [-0.25, -0.2) is 0 Å². The molecule has 1 amide bonds. The fraction of sp³-hybridized carbons (Fsp3) is 0.833. The summed E-state index contributed by atoms with van der Waals surface area (Å²) in [6.07, 6.45) is 2.07. The van der Waals surface area contributed by atoms with Crippen molar-refractivity contribution in [3.8, 4) is 0 Å². The lowest BCUT2D eigenvalue weighted by Gasteiger charge is -2.19. The molecule has 18 heavy (non-hydrogen) atoms. The molecule has 1 fully saturated rings. The summed E-state index contributed by atoms with van der Waals surface area (Å²) in [6, 6.07) is 0. The van der Waals surface area contributed by atoms with Crippen LogP contribution in [0.1, 0.15) is 26.2 Å². The molecule has 0 aliphatic heterocycles. The Labute approximate surface area is 110 Å². The molecule has 0 bridgehead atoms. The molecule has 1 rings (SSSR count). The van der Waals surface area contributed by atoms with E-state index in [1.807, 2.05) is 0 Å². The van der Waals surface area contributed by atoms with Crippen molar-refractivity contribution >= 4 is 22.7 Å². The first-order chi connectivity index (χ1) is 8.31. The van der Waals surface area contributed by atoms with Crippen LogP contribution in [0.2, 0.25) is 0 Å². The van der Waals surface area contributed by atoms with Crippen LogP contribution in [0.3, 0.4) is 0 Å². The lowest BCUT2D eigenvalue weighted by Crippen LogP contribution is -2.36. The molecule has 0 spiro atoms. The molecule has 5 nitrogen and oxygen atoms in total. The Hall–Kier alpha value is -0.910. The van der Waals surface area contributed by atoms with Crippen LogP contribution in [0, 0.1) is 5.41 Å². The maximum absolute atomic E-state index is 12.1. The lowest BCUT2D eigenvalue weighted by molar-refractivity contribution is -0.141. The standard InChI is InChI=1S/C12H21NO4S/c1-9(11(15)13(2)3)18(16)8-12(5-6-12)7-10(14)17-4/h9H,5-8H2,1-4H3. The summed E-state index contributed by atoms with van der Waals surface area (Å²) in [5, 5.41) is -0.518. The number of esters is 1. The highest BCUT2D eigenvalue weighted by Crippen LogP contribution is 2.49. The van der Waals surface area contributed by atoms with Crippen molar-refractivity contribution in [3.63, 3.8) is 0 Å². The molecular weight excluding hydrogens is 254 g/mol. The van der Waals surface area contributed by atoms with E-state index in [0.29, 0.717) is 12.2 Å². The molecule has 1 aliphatic rings. The van der Waals surface area contributed by atoms with E-state index in [4.69, 9.17) is 0 Å². The van der Waals surface area contributed by atoms with E-state index in [-0.39, 0.29) is 17.3 Å². The van der Waals surface area contributed by atoms with E-state index < -0.39 is 16.0 Å². The highest BCUT2D eigenvalue weighted by Gasteiger charge is 2.47. The third-order valence-electron chi connectivity index (χ3n) is 3.34. The molecule has 6 heteroatoms. The molecule has 0 heterocycles. The van der Waals surface area contributed by atoms with Gasteiger partial charge in [0.1, 0.15) is 5.25 Å². The predicted molar refractivity (Wildman–Crippen MR) is 69.5 cm³/mol. The summed E-state index contributed by atoms with van der Waals surface area (Å²) in [5.74, 6) is 0.00124. The Morgan fingerprint density at radius 3 is 2.33 bits per heavy atom. The Morgan fingerprint density at radius 2 is 1.94 bits per heavy atom. The van der Waals surface area contributed by atoms with Crippen LogP contribution >= 0.6 is 0 Å². The number of rotatable bonds is 6. The summed E-state index contributed by atoms with van der Waals surface area (Å²) in [6.45, 7) is 1.67. The molecule has 0 aromatic carbocycles. The smallest absolute Gasteiger partial charge is 0.306 e. The Balaban J connectivity index is 2.54. The van der Waals surface area contributed by atoms with Gasteiger partial charge in [0, 0.05) is 30.6 Å². The number of carbonyl (C=O) groups excluding carboxylic acids is 2. The molecule has 1 saturated carbocycles. The van der Waals surface area contributed by atoms with Crippen LogP contribution in [-0.4, -0.2) is 53.2 Å². The van der Waals surface area contributed by atoms with Crippen LogP contribution in [-0.2, 0) is 25.1 Å². The summed E-state index contributed by atoms with van der Waals surface area (Å²) in [4.78, 5) is 24.4. The first-order valence-electron chi connectivity index (χ1n) is 5.96. The van der Waals surface area contributed by atoms with Crippen LogP contribution < -0.4 is 0 Å². The van der Waals surface area contributed by atoms with Gasteiger partial charge in [-0.15, -0.1) is 0 Å². The van der Waals surface area contributed by atoms with Crippen molar-refractivity contribution in [2.75, 3.05) is 27.0 Å². The molecule has 0 aromatic rings. The van der Waals surface area contributed by atoms with Crippen molar-refractivity contribution in [2.45, 2.75) is 31.4 Å². The van der Waals surface area contributed by atoms with E-state index in [9.17, 15) is 13.8 Å². The van der Waals surface area contributed by atoms with E-state index in [1.165, 1.54) is 12.0 Å². The highest BCUT2D eigenvalue weighted by molar-refractivity contribution is 7.86. The van der Waals surface area contributed by atoms with Gasteiger partial charge in [0.15, 0.2) is 0 Å². The number of hydrogen-bond donors (Lipinski definition) is 0. The van der Waals surface area contributed by atoms with Crippen molar-refractivity contribution in [1.82, 2.24) is 4.90 Å². The van der Waals surface area contributed by atoms with Gasteiger partial charge in [0.25, 0.3) is 0 Å². The largest absolute Gasteiger partial charge is 0.469 e. The average molecular weight is 275 g/mol. The fourth-order valence-electron chi connectivity index (χ4n) is 1.83. The number of nitrogens with zero attached hydrogens (tertiary/aromatic N) is 1. The zero-order valence-corrected chi connectivity index (χ0v) is 12.2. The number of carbonyl (C=O) groups is 2. The first kappa shape index (κ1) is 15.1. The zero-order valence-electron chi connectivity index (χ0n) is 11.4. The van der Waals surface area contributed by atoms with Gasteiger partial charge in [-0.3, -0.25) is 13.8 Å². The van der Waals surface area contributed by atoms with Gasteiger partial charge in [0.2, 0.25) is 5.91 Å². The minimum Gasteiger partial charge on any atom is -0.469 e. The van der Waals surface area contributed by atoms with Crippen LogP contribution in [0.4, 0.5) is 0 Å². The van der Waals surface area contributed by atoms with Crippen LogP contribution in [0.5, 0.6) is 0 Å². The second-order valence-electron chi connectivity index (χ2n) is 5.15. The lowest BCUT2D eigenvalue weighted by atomic mass is 10.1. The van der Waals surface area contributed by atoms with Crippen molar-refractivity contribution in [2.24, 2.45) is 5.41 Å². The molecule has 0 radical (unpaired) electrons. The molecule has 0 aromatic heterocycles. The Morgan fingerprint density at radius 1 is 1.39 bits per heavy atom. The van der Waals surface area contributed by atoms with Crippen LogP contribution in [0.15, 0.2) is 0 Å². The van der Waals surface area contributed by atoms with Crippen molar-refractivity contribution < 1.29 is 18.5 Å². The third kappa shape index (κ3) is 3.80. The molecule has 0 N–H and O–H groups in total. The molecule has 1 aliphatic carbocycles. The quantitative estimate of drug-likeness (QED) is 0.664. The Bertz CT molecular complexity index is 363. The number of hydrogen-bond acceptors (Lipinski definition) is 4. The fourth-order valence-corrected chi connectivity index (χ4v) is 3.51. The van der Waals surface area contributed by atoms with E-state index >= 15 is 0 Å². The summed E-state index contributed by atoms with van der Waals surface area (Å²) in [7, 11) is 3.42. The SMILES string of the molecule is COC(=O)CC1(CS(=O)C(C)C(=O)N(C)C)CC1. The van der Waals surface area contributed by atoms with Gasteiger partial charge in [-0.1, -0.05) is 0 Å². The molecule has 2 unspecified atom stereocenters. The van der Waals surface area contributed by atoms with Gasteiger partial charge in [-0.05, 0) is 25.2 Å². The van der Waals surface area contributed by atoms with E-state index in [2.05, 4.69) is 4.74 Å². The average Bonchev–Trinajstić information content (AvgIpc) is 3.06. The van der Waals surface area contributed by atoms with Gasteiger partial charge in [-0.2, -0.15) is 0 Å². The summed E-state index contributed by atoms with van der Waals surface area (Å²) in [5.41, 5.74) is -0.196. The number of amides is 1. The number of methoxy groups -OCH3 is 1. The van der Waals surface area contributed by atoms with Crippen molar-refractivity contribution in [3.05, 3.63) is 0 Å². The minimum absolute atomic E-state index is 0.137.